The Hall–Kier alpha value is -2.30. The predicted molar refractivity (Wildman–Crippen MR) is 90.2 cm³/mol. The molecule has 4 nitrogen and oxygen atoms in total. The molecular weight excluding hydrogens is 298 g/mol. The lowest BCUT2D eigenvalue weighted by Crippen LogP contribution is -2.31. The van der Waals surface area contributed by atoms with E-state index in [1.54, 1.807) is 24.4 Å². The molecule has 2 rings (SSSR count). The highest BCUT2D eigenvalue weighted by Crippen LogP contribution is 2.10. The Morgan fingerprint density at radius 3 is 2.59 bits per heavy atom. The van der Waals surface area contributed by atoms with Gasteiger partial charge < -0.3 is 16.4 Å². The van der Waals surface area contributed by atoms with Crippen molar-refractivity contribution in [3.63, 3.8) is 0 Å². The Bertz CT molecular complexity index is 653. The van der Waals surface area contributed by atoms with E-state index < -0.39 is 0 Å². The molecule has 0 fully saturated rings. The quantitative estimate of drug-likeness (QED) is 0.792. The van der Waals surface area contributed by atoms with Gasteiger partial charge in [-0.15, -0.1) is 0 Å². The maximum absolute atomic E-state index is 11.7. The maximum Gasteiger partial charge on any atom is 0.319 e. The molecule has 4 N–H and O–H groups in total. The van der Waals surface area contributed by atoms with Gasteiger partial charge in [0.15, 0.2) is 0 Å². The number of halogens is 1. The van der Waals surface area contributed by atoms with E-state index in [-0.39, 0.29) is 6.03 Å². The van der Waals surface area contributed by atoms with Gasteiger partial charge in [-0.1, -0.05) is 48.0 Å². The molecule has 0 saturated carbocycles. The second-order valence-corrected chi connectivity index (χ2v) is 5.17. The third-order valence-electron chi connectivity index (χ3n) is 3.04. The lowest BCUT2D eigenvalue weighted by Gasteiger charge is -2.06. The molecule has 2 aromatic carbocycles. The zero-order valence-electron chi connectivity index (χ0n) is 12.1. The Morgan fingerprint density at radius 2 is 1.86 bits per heavy atom. The second-order valence-electron chi connectivity index (χ2n) is 4.74. The van der Waals surface area contributed by atoms with E-state index in [1.807, 2.05) is 36.4 Å². The van der Waals surface area contributed by atoms with Crippen LogP contribution < -0.4 is 16.4 Å². The number of benzene rings is 2. The third-order valence-corrected chi connectivity index (χ3v) is 3.29. The van der Waals surface area contributed by atoms with E-state index in [0.717, 1.165) is 16.7 Å². The van der Waals surface area contributed by atoms with Crippen LogP contribution in [0.3, 0.4) is 0 Å². The normalized spacial score (nSPS) is 10.6. The van der Waals surface area contributed by atoms with E-state index in [4.69, 9.17) is 17.3 Å². The number of carbonyl (C=O) groups is 1. The fourth-order valence-corrected chi connectivity index (χ4v) is 2.01. The highest BCUT2D eigenvalue weighted by atomic mass is 35.5. The van der Waals surface area contributed by atoms with Crippen molar-refractivity contribution in [1.29, 1.82) is 0 Å². The highest BCUT2D eigenvalue weighted by molar-refractivity contribution is 6.30. The third kappa shape index (κ3) is 5.24. The summed E-state index contributed by atoms with van der Waals surface area (Å²) in [6.45, 7) is 0.943. The van der Waals surface area contributed by atoms with Crippen LogP contribution in [0.25, 0.3) is 6.08 Å². The van der Waals surface area contributed by atoms with Crippen molar-refractivity contribution in [3.05, 3.63) is 76.4 Å². The average Bonchev–Trinajstić information content (AvgIpc) is 2.55. The van der Waals surface area contributed by atoms with Crippen LogP contribution in [0.2, 0.25) is 5.02 Å². The lowest BCUT2D eigenvalue weighted by molar-refractivity contribution is 0.244. The van der Waals surface area contributed by atoms with Crippen LogP contribution in [-0.2, 0) is 13.1 Å². The highest BCUT2D eigenvalue weighted by Gasteiger charge is 1.99. The Kier molecular flexibility index (Phi) is 6.01. The molecule has 0 aliphatic rings. The van der Waals surface area contributed by atoms with Gasteiger partial charge in [-0.05, 0) is 34.9 Å². The van der Waals surface area contributed by atoms with Crippen LogP contribution >= 0.6 is 11.6 Å². The molecule has 2 aromatic rings. The van der Waals surface area contributed by atoms with Crippen LogP contribution in [0, 0.1) is 0 Å². The monoisotopic (exact) mass is 315 g/mol. The molecular formula is C17H18ClN3O. The molecule has 0 aliphatic heterocycles. The number of rotatable bonds is 5. The van der Waals surface area contributed by atoms with Crippen molar-refractivity contribution in [2.75, 3.05) is 0 Å². The molecule has 2 amide bonds. The first kappa shape index (κ1) is 16.1. The zero-order chi connectivity index (χ0) is 15.8. The van der Waals surface area contributed by atoms with Gasteiger partial charge in [0.05, 0.1) is 0 Å². The van der Waals surface area contributed by atoms with Gasteiger partial charge in [0.1, 0.15) is 0 Å². The molecule has 0 saturated heterocycles. The largest absolute Gasteiger partial charge is 0.334 e. The molecule has 114 valence electrons. The fraction of sp³-hybridized carbons (Fsp3) is 0.118. The summed E-state index contributed by atoms with van der Waals surface area (Å²) in [4.78, 5) is 11.7. The Morgan fingerprint density at radius 1 is 1.14 bits per heavy atom. The number of nitrogens with one attached hydrogen (secondary N) is 2. The van der Waals surface area contributed by atoms with Crippen molar-refractivity contribution in [2.24, 2.45) is 5.73 Å². The van der Waals surface area contributed by atoms with E-state index in [0.29, 0.717) is 18.1 Å². The van der Waals surface area contributed by atoms with Gasteiger partial charge in [-0.3, -0.25) is 0 Å². The van der Waals surface area contributed by atoms with E-state index in [2.05, 4.69) is 10.6 Å². The van der Waals surface area contributed by atoms with Crippen LogP contribution in [0.4, 0.5) is 4.79 Å². The molecule has 0 heterocycles. The standard InChI is InChI=1S/C17H18ClN3O/c18-16-6-4-13(5-7-16)8-9-20-17(22)21-12-15-3-1-2-14(10-15)11-19/h1-10H,11-12,19H2,(H2,20,21,22)/b9-8+. The van der Waals surface area contributed by atoms with Crippen molar-refractivity contribution in [3.8, 4) is 0 Å². The van der Waals surface area contributed by atoms with Gasteiger partial charge in [0.2, 0.25) is 0 Å². The molecule has 0 atom stereocenters. The average molecular weight is 316 g/mol. The van der Waals surface area contributed by atoms with E-state index in [9.17, 15) is 4.79 Å². The van der Waals surface area contributed by atoms with Crippen molar-refractivity contribution < 1.29 is 4.79 Å². The van der Waals surface area contributed by atoms with Gasteiger partial charge in [-0.2, -0.15) is 0 Å². The van der Waals surface area contributed by atoms with Crippen LogP contribution in [-0.4, -0.2) is 6.03 Å². The predicted octanol–water partition coefficient (Wildman–Crippen LogP) is 3.27. The van der Waals surface area contributed by atoms with Gasteiger partial charge in [0.25, 0.3) is 0 Å². The van der Waals surface area contributed by atoms with Crippen LogP contribution in [0.15, 0.2) is 54.7 Å². The summed E-state index contributed by atoms with van der Waals surface area (Å²) in [5.41, 5.74) is 8.60. The van der Waals surface area contributed by atoms with Crippen molar-refractivity contribution >= 4 is 23.7 Å². The summed E-state index contributed by atoms with van der Waals surface area (Å²) in [5.74, 6) is 0. The first-order chi connectivity index (χ1) is 10.7. The first-order valence-corrected chi connectivity index (χ1v) is 7.29. The smallest absolute Gasteiger partial charge is 0.319 e. The SMILES string of the molecule is NCc1cccc(CNC(=O)N/C=C/c2ccc(Cl)cc2)c1. The number of hydrogen-bond donors (Lipinski definition) is 3. The molecule has 0 aromatic heterocycles. The first-order valence-electron chi connectivity index (χ1n) is 6.92. The number of amides is 2. The summed E-state index contributed by atoms with van der Waals surface area (Å²) < 4.78 is 0. The summed E-state index contributed by atoms with van der Waals surface area (Å²) in [7, 11) is 0. The minimum absolute atomic E-state index is 0.261. The number of hydrogen-bond acceptors (Lipinski definition) is 2. The lowest BCUT2D eigenvalue weighted by atomic mass is 10.1. The Labute approximate surface area is 135 Å². The topological polar surface area (TPSA) is 67.1 Å². The number of urea groups is 1. The summed E-state index contributed by atoms with van der Waals surface area (Å²) in [6.07, 6.45) is 3.39. The second kappa shape index (κ2) is 8.22. The van der Waals surface area contributed by atoms with Crippen LogP contribution in [0.5, 0.6) is 0 Å². The zero-order valence-corrected chi connectivity index (χ0v) is 12.8. The summed E-state index contributed by atoms with van der Waals surface area (Å²) in [6, 6.07) is 14.9. The molecule has 0 bridgehead atoms. The van der Waals surface area contributed by atoms with Crippen molar-refractivity contribution in [1.82, 2.24) is 10.6 Å². The van der Waals surface area contributed by atoms with Crippen LogP contribution in [0.1, 0.15) is 16.7 Å². The van der Waals surface area contributed by atoms with Gasteiger partial charge >= 0.3 is 6.03 Å². The molecule has 0 radical (unpaired) electrons. The number of nitrogens with two attached hydrogens (primary N) is 1. The van der Waals surface area contributed by atoms with Gasteiger partial charge in [-0.25, -0.2) is 4.79 Å². The minimum atomic E-state index is -0.261. The number of carbonyl (C=O) groups excluding carboxylic acids is 1. The van der Waals surface area contributed by atoms with Crippen molar-refractivity contribution in [2.45, 2.75) is 13.1 Å². The minimum Gasteiger partial charge on any atom is -0.334 e. The maximum atomic E-state index is 11.7. The molecule has 22 heavy (non-hydrogen) atoms. The summed E-state index contributed by atoms with van der Waals surface area (Å²) >= 11 is 5.81. The molecule has 0 aliphatic carbocycles. The molecule has 5 heteroatoms. The fourth-order valence-electron chi connectivity index (χ4n) is 1.89. The van der Waals surface area contributed by atoms with Gasteiger partial charge in [0, 0.05) is 24.3 Å². The molecule has 0 unspecified atom stereocenters. The van der Waals surface area contributed by atoms with E-state index in [1.165, 1.54) is 0 Å². The Balaban J connectivity index is 1.79. The molecule has 0 spiro atoms. The summed E-state index contributed by atoms with van der Waals surface area (Å²) in [5, 5.41) is 6.12. The van der Waals surface area contributed by atoms with E-state index >= 15 is 0 Å².